The van der Waals surface area contributed by atoms with Gasteiger partial charge in [0.05, 0.1) is 5.69 Å². The van der Waals surface area contributed by atoms with E-state index in [1.165, 1.54) is 19.9 Å². The maximum absolute atomic E-state index is 12.8. The van der Waals surface area contributed by atoms with Gasteiger partial charge < -0.3 is 14.8 Å². The molecule has 1 N–H and O–H groups in total. The van der Waals surface area contributed by atoms with Crippen LogP contribution in [0.4, 0.5) is 5.69 Å². The van der Waals surface area contributed by atoms with Crippen LogP contribution in [0.25, 0.3) is 0 Å². The molecule has 0 bridgehead atoms. The maximum atomic E-state index is 12.8. The molecule has 27 heavy (non-hydrogen) atoms. The highest BCUT2D eigenvalue weighted by Crippen LogP contribution is 2.26. The van der Waals surface area contributed by atoms with Crippen molar-refractivity contribution in [2.24, 2.45) is 0 Å². The van der Waals surface area contributed by atoms with Gasteiger partial charge in [-0.2, -0.15) is 0 Å². The van der Waals surface area contributed by atoms with Crippen LogP contribution < -0.4 is 5.32 Å². The van der Waals surface area contributed by atoms with Crippen molar-refractivity contribution >= 4 is 35.0 Å². The number of carbonyl (C=O) groups is 3. The molecule has 6 nitrogen and oxygen atoms in total. The number of carbonyl (C=O) groups excluding carboxylic acids is 3. The zero-order chi connectivity index (χ0) is 19.6. The molecule has 0 amide bonds. The van der Waals surface area contributed by atoms with Crippen LogP contribution in [0.5, 0.6) is 0 Å². The third-order valence-corrected chi connectivity index (χ3v) is 3.99. The molecule has 1 heterocycles. The second-order valence-corrected chi connectivity index (χ2v) is 6.70. The van der Waals surface area contributed by atoms with Crippen LogP contribution in [-0.4, -0.2) is 23.5 Å². The van der Waals surface area contributed by atoms with Crippen molar-refractivity contribution in [3.05, 3.63) is 76.5 Å². The van der Waals surface area contributed by atoms with E-state index in [2.05, 4.69) is 5.32 Å². The van der Waals surface area contributed by atoms with E-state index in [1.807, 2.05) is 6.07 Å². The molecular formula is C20H16ClNO5. The summed E-state index contributed by atoms with van der Waals surface area (Å²) in [5, 5.41) is 3.18. The Labute approximate surface area is 160 Å². The molecule has 3 rings (SSSR count). The molecule has 0 atom stereocenters. The third kappa shape index (κ3) is 4.17. The van der Waals surface area contributed by atoms with E-state index < -0.39 is 17.7 Å². The topological polar surface area (TPSA) is 81.7 Å². The average Bonchev–Trinajstić information content (AvgIpc) is 2.60. The zero-order valence-electron chi connectivity index (χ0n) is 14.6. The number of cyclic esters (lactones) is 2. The minimum Gasteiger partial charge on any atom is -0.419 e. The summed E-state index contributed by atoms with van der Waals surface area (Å²) in [6.07, 6.45) is 1.15. The summed E-state index contributed by atoms with van der Waals surface area (Å²) in [4.78, 5) is 36.8. The molecule has 1 saturated heterocycles. The van der Waals surface area contributed by atoms with Crippen LogP contribution in [0.3, 0.4) is 0 Å². The number of ketones is 1. The molecule has 0 radical (unpaired) electrons. The fraction of sp³-hybridized carbons (Fsp3) is 0.150. The molecule has 1 aliphatic heterocycles. The fourth-order valence-corrected chi connectivity index (χ4v) is 2.68. The Balaban J connectivity index is 1.91. The number of halogens is 1. The Bertz CT molecular complexity index is 928. The van der Waals surface area contributed by atoms with E-state index in [0.717, 1.165) is 6.20 Å². The van der Waals surface area contributed by atoms with E-state index in [0.29, 0.717) is 21.8 Å². The summed E-state index contributed by atoms with van der Waals surface area (Å²) in [5.74, 6) is -3.19. The smallest absolute Gasteiger partial charge is 0.350 e. The van der Waals surface area contributed by atoms with Gasteiger partial charge in [-0.15, -0.1) is 0 Å². The number of anilines is 1. The minimum absolute atomic E-state index is 0.233. The van der Waals surface area contributed by atoms with Gasteiger partial charge >= 0.3 is 11.9 Å². The van der Waals surface area contributed by atoms with Crippen molar-refractivity contribution in [2.45, 2.75) is 19.6 Å². The Kier molecular flexibility index (Phi) is 5.01. The summed E-state index contributed by atoms with van der Waals surface area (Å²) < 4.78 is 10.1. The van der Waals surface area contributed by atoms with Crippen molar-refractivity contribution in [2.75, 3.05) is 5.32 Å². The molecule has 1 fully saturated rings. The molecule has 0 aliphatic carbocycles. The predicted octanol–water partition coefficient (Wildman–Crippen LogP) is 3.70. The third-order valence-electron chi connectivity index (χ3n) is 3.75. The van der Waals surface area contributed by atoms with Crippen LogP contribution in [0, 0.1) is 0 Å². The largest absolute Gasteiger partial charge is 0.419 e. The lowest BCUT2D eigenvalue weighted by Gasteiger charge is -2.29. The molecular weight excluding hydrogens is 370 g/mol. The van der Waals surface area contributed by atoms with E-state index >= 15 is 0 Å². The summed E-state index contributed by atoms with van der Waals surface area (Å²) in [5.41, 5.74) is 0.857. The highest BCUT2D eigenvalue weighted by Gasteiger charge is 2.39. The first-order chi connectivity index (χ1) is 12.8. The molecule has 2 aromatic carbocycles. The molecule has 1 aliphatic rings. The monoisotopic (exact) mass is 385 g/mol. The van der Waals surface area contributed by atoms with Gasteiger partial charge in [-0.1, -0.05) is 41.9 Å². The summed E-state index contributed by atoms with van der Waals surface area (Å²) >= 11 is 6.03. The van der Waals surface area contributed by atoms with Crippen molar-refractivity contribution in [3.63, 3.8) is 0 Å². The maximum Gasteiger partial charge on any atom is 0.350 e. The van der Waals surface area contributed by atoms with Gasteiger partial charge in [-0.05, 0) is 18.2 Å². The van der Waals surface area contributed by atoms with Crippen LogP contribution in [0.15, 0.2) is 60.3 Å². The van der Waals surface area contributed by atoms with Crippen molar-refractivity contribution < 1.29 is 23.9 Å². The van der Waals surface area contributed by atoms with Crippen molar-refractivity contribution in [1.82, 2.24) is 0 Å². The zero-order valence-corrected chi connectivity index (χ0v) is 15.4. The van der Waals surface area contributed by atoms with Crippen molar-refractivity contribution in [3.8, 4) is 0 Å². The summed E-state index contributed by atoms with van der Waals surface area (Å²) in [6.45, 7) is 2.92. The molecule has 138 valence electrons. The lowest BCUT2D eigenvalue weighted by atomic mass is 10.0. The van der Waals surface area contributed by atoms with Crippen LogP contribution in [0.1, 0.15) is 29.8 Å². The average molecular weight is 386 g/mol. The second-order valence-electron chi connectivity index (χ2n) is 6.27. The summed E-state index contributed by atoms with van der Waals surface area (Å²) in [6, 6.07) is 13.4. The van der Waals surface area contributed by atoms with Gasteiger partial charge in [0.15, 0.2) is 11.4 Å². The second kappa shape index (κ2) is 7.25. The molecule has 2 aromatic rings. The number of hydrogen-bond acceptors (Lipinski definition) is 6. The molecule has 7 heteroatoms. The number of hydrogen-bond donors (Lipinski definition) is 1. The first-order valence-corrected chi connectivity index (χ1v) is 8.47. The number of esters is 2. The van der Waals surface area contributed by atoms with Crippen molar-refractivity contribution in [1.29, 1.82) is 0 Å². The fourth-order valence-electron chi connectivity index (χ4n) is 2.51. The van der Waals surface area contributed by atoms with Gasteiger partial charge in [0.1, 0.15) is 0 Å². The van der Waals surface area contributed by atoms with Gasteiger partial charge in [0.25, 0.3) is 5.79 Å². The minimum atomic E-state index is -1.32. The van der Waals surface area contributed by atoms with Gasteiger partial charge in [0, 0.05) is 36.2 Å². The number of nitrogens with one attached hydrogen (secondary N) is 1. The first kappa shape index (κ1) is 18.7. The van der Waals surface area contributed by atoms with E-state index in [9.17, 15) is 14.4 Å². The van der Waals surface area contributed by atoms with Crippen LogP contribution in [0.2, 0.25) is 5.02 Å². The molecule has 0 unspecified atom stereocenters. The number of rotatable bonds is 4. The Morgan fingerprint density at radius 1 is 1.04 bits per heavy atom. The quantitative estimate of drug-likeness (QED) is 0.374. The van der Waals surface area contributed by atoms with E-state index in [-0.39, 0.29) is 11.4 Å². The first-order valence-electron chi connectivity index (χ1n) is 8.09. The lowest BCUT2D eigenvalue weighted by molar-refractivity contribution is -0.222. The van der Waals surface area contributed by atoms with Gasteiger partial charge in [0.2, 0.25) is 0 Å². The summed E-state index contributed by atoms with van der Waals surface area (Å²) in [7, 11) is 0. The molecule has 0 aromatic heterocycles. The Morgan fingerprint density at radius 3 is 2.30 bits per heavy atom. The van der Waals surface area contributed by atoms with E-state index in [4.69, 9.17) is 21.1 Å². The lowest BCUT2D eigenvalue weighted by Crippen LogP contribution is -2.42. The highest BCUT2D eigenvalue weighted by molar-refractivity contribution is 6.31. The van der Waals surface area contributed by atoms with Crippen LogP contribution in [-0.2, 0) is 19.1 Å². The van der Waals surface area contributed by atoms with Gasteiger partial charge in [-0.25, -0.2) is 9.59 Å². The Morgan fingerprint density at radius 2 is 1.67 bits per heavy atom. The SMILES string of the molecule is CC1(C)OC(=O)C(=CNc2cc(Cl)ccc2C(=O)c2ccccc2)C(=O)O1. The normalized spacial score (nSPS) is 15.6. The standard InChI is InChI=1S/C20H16ClNO5/c1-20(2)26-18(24)15(19(25)27-20)11-22-16-10-13(21)8-9-14(16)17(23)12-6-4-3-5-7-12/h3-11,22H,1-2H3. The Hall–Kier alpha value is -3.12. The van der Waals surface area contributed by atoms with E-state index in [1.54, 1.807) is 36.4 Å². The predicted molar refractivity (Wildman–Crippen MR) is 99.3 cm³/mol. The number of ether oxygens (including phenoxy) is 2. The van der Waals surface area contributed by atoms with Gasteiger partial charge in [-0.3, -0.25) is 4.79 Å². The number of benzene rings is 2. The van der Waals surface area contributed by atoms with Crippen LogP contribution >= 0.6 is 11.6 Å². The molecule has 0 spiro atoms. The highest BCUT2D eigenvalue weighted by atomic mass is 35.5. The molecule has 0 saturated carbocycles.